The number of nitrogens with one attached hydrogen (secondary N) is 2. The molecule has 0 amide bonds. The number of hydrazine groups is 1. The second-order valence-electron chi connectivity index (χ2n) is 7.80. The average molecular weight is 441 g/mol. The van der Waals surface area contributed by atoms with Crippen molar-refractivity contribution in [3.63, 3.8) is 0 Å². The normalized spacial score (nSPS) is 15.6. The summed E-state index contributed by atoms with van der Waals surface area (Å²) in [4.78, 5) is 15.6. The van der Waals surface area contributed by atoms with Crippen LogP contribution in [0.2, 0.25) is 0 Å². The van der Waals surface area contributed by atoms with Crippen molar-refractivity contribution >= 4 is 28.8 Å². The molecule has 1 fully saturated rings. The number of hydrogen-bond donors (Lipinski definition) is 2. The van der Waals surface area contributed by atoms with E-state index in [0.29, 0.717) is 37.1 Å². The fraction of sp³-hybridized carbons (Fsp3) is 0.250. The van der Waals surface area contributed by atoms with Gasteiger partial charge < -0.3 is 15.0 Å². The zero-order valence-electron chi connectivity index (χ0n) is 18.3. The highest BCUT2D eigenvalue weighted by Gasteiger charge is 2.15. The quantitative estimate of drug-likeness (QED) is 0.623. The van der Waals surface area contributed by atoms with Crippen molar-refractivity contribution in [2.75, 3.05) is 48.2 Å². The summed E-state index contributed by atoms with van der Waals surface area (Å²) in [5.74, 6) is 1.37. The Hall–Kier alpha value is -4.16. The summed E-state index contributed by atoms with van der Waals surface area (Å²) >= 11 is 0. The summed E-state index contributed by atoms with van der Waals surface area (Å²) < 4.78 is 5.43. The number of benzene rings is 2. The van der Waals surface area contributed by atoms with Gasteiger partial charge in [-0.3, -0.25) is 10.4 Å². The molecule has 0 spiro atoms. The molecule has 3 heterocycles. The van der Waals surface area contributed by atoms with Gasteiger partial charge in [-0.25, -0.2) is 15.0 Å². The van der Waals surface area contributed by atoms with Crippen LogP contribution in [-0.4, -0.2) is 48.8 Å². The number of hydrogen-bond acceptors (Lipinski definition) is 9. The summed E-state index contributed by atoms with van der Waals surface area (Å²) in [6, 6.07) is 18.0. The van der Waals surface area contributed by atoms with E-state index in [0.717, 1.165) is 41.6 Å². The third kappa shape index (κ3) is 4.56. The van der Waals surface area contributed by atoms with E-state index in [1.165, 1.54) is 0 Å². The Kier molecular flexibility index (Phi) is 5.74. The summed E-state index contributed by atoms with van der Waals surface area (Å²) in [6.07, 6.45) is 1.70. The highest BCUT2D eigenvalue weighted by atomic mass is 16.5. The number of aliphatic imine (C=N–C) groups is 1. The molecule has 0 bridgehead atoms. The Morgan fingerprint density at radius 3 is 2.58 bits per heavy atom. The smallest absolute Gasteiger partial charge is 0.227 e. The first kappa shape index (κ1) is 20.7. The van der Waals surface area contributed by atoms with Crippen molar-refractivity contribution in [3.05, 3.63) is 60.3 Å². The molecule has 2 aromatic carbocycles. The molecule has 0 atom stereocenters. The number of anilines is 4. The molecule has 33 heavy (non-hydrogen) atoms. The largest absolute Gasteiger partial charge is 0.378 e. The molecule has 3 aromatic rings. The van der Waals surface area contributed by atoms with E-state index in [9.17, 15) is 5.26 Å². The maximum Gasteiger partial charge on any atom is 0.227 e. The molecule has 0 unspecified atom stereocenters. The lowest BCUT2D eigenvalue weighted by molar-refractivity contribution is 0.122. The van der Waals surface area contributed by atoms with Gasteiger partial charge >= 0.3 is 0 Å². The number of rotatable bonds is 5. The van der Waals surface area contributed by atoms with Gasteiger partial charge in [0.15, 0.2) is 0 Å². The highest BCUT2D eigenvalue weighted by Crippen LogP contribution is 2.28. The Labute approximate surface area is 192 Å². The van der Waals surface area contributed by atoms with Gasteiger partial charge in [0, 0.05) is 36.2 Å². The highest BCUT2D eigenvalue weighted by molar-refractivity contribution is 5.83. The lowest BCUT2D eigenvalue weighted by Crippen LogP contribution is -2.36. The van der Waals surface area contributed by atoms with Crippen LogP contribution in [0.1, 0.15) is 12.5 Å². The van der Waals surface area contributed by atoms with Crippen molar-refractivity contribution in [1.29, 1.82) is 5.26 Å². The van der Waals surface area contributed by atoms with Crippen LogP contribution in [0.25, 0.3) is 11.3 Å². The standard InChI is InChI=1S/C24H24N8O/c1-17-27-16-32(30-17)20-4-2-19(3-5-20)28-24-26-9-8-23(29-24)22-7-6-21(14-18(22)15-25)31-10-12-33-13-11-31/h2-9,14H,10-13,16H2,1H3,(H,27,30)(H,26,28,29). The van der Waals surface area contributed by atoms with Crippen molar-refractivity contribution < 1.29 is 4.74 Å². The van der Waals surface area contributed by atoms with Gasteiger partial charge in [0.1, 0.15) is 12.5 Å². The Morgan fingerprint density at radius 1 is 1.06 bits per heavy atom. The molecular weight excluding hydrogens is 416 g/mol. The van der Waals surface area contributed by atoms with Crippen LogP contribution in [0.15, 0.2) is 59.7 Å². The third-order valence-electron chi connectivity index (χ3n) is 5.61. The van der Waals surface area contributed by atoms with E-state index in [1.807, 2.05) is 60.5 Å². The van der Waals surface area contributed by atoms with Crippen molar-refractivity contribution in [1.82, 2.24) is 15.4 Å². The van der Waals surface area contributed by atoms with Gasteiger partial charge in [-0.1, -0.05) is 0 Å². The topological polar surface area (TPSA) is 102 Å². The van der Waals surface area contributed by atoms with Crippen molar-refractivity contribution in [3.8, 4) is 17.3 Å². The predicted molar refractivity (Wildman–Crippen MR) is 129 cm³/mol. The maximum atomic E-state index is 9.77. The van der Waals surface area contributed by atoms with Gasteiger partial charge in [-0.05, 0) is 55.5 Å². The summed E-state index contributed by atoms with van der Waals surface area (Å²) in [5, 5.41) is 15.0. The van der Waals surface area contributed by atoms with Crippen LogP contribution < -0.4 is 20.7 Å². The van der Waals surface area contributed by atoms with Crippen molar-refractivity contribution in [2.45, 2.75) is 6.92 Å². The van der Waals surface area contributed by atoms with Gasteiger partial charge in [-0.15, -0.1) is 0 Å². The van der Waals surface area contributed by atoms with Gasteiger partial charge in [-0.2, -0.15) is 5.26 Å². The summed E-state index contributed by atoms with van der Waals surface area (Å²) in [6.45, 7) is 5.58. The molecule has 9 nitrogen and oxygen atoms in total. The molecule has 0 aliphatic carbocycles. The first-order chi connectivity index (χ1) is 16.2. The minimum Gasteiger partial charge on any atom is -0.378 e. The Balaban J connectivity index is 1.33. The van der Waals surface area contributed by atoms with E-state index in [2.05, 4.69) is 36.7 Å². The fourth-order valence-electron chi connectivity index (χ4n) is 3.88. The molecule has 166 valence electrons. The lowest BCUT2D eigenvalue weighted by atomic mass is 10.0. The molecule has 2 N–H and O–H groups in total. The van der Waals surface area contributed by atoms with E-state index < -0.39 is 0 Å². The molecule has 5 rings (SSSR count). The molecule has 0 radical (unpaired) electrons. The van der Waals surface area contributed by atoms with E-state index in [-0.39, 0.29) is 0 Å². The Bertz CT molecular complexity index is 1210. The SMILES string of the molecule is CC1=NCN(c2ccc(Nc3nccc(-c4ccc(N5CCOCC5)cc4C#N)n3)cc2)N1. The predicted octanol–water partition coefficient (Wildman–Crippen LogP) is 3.30. The number of ether oxygens (including phenoxy) is 1. The first-order valence-corrected chi connectivity index (χ1v) is 10.8. The molecule has 0 saturated carbocycles. The molecular formula is C24H24N8O. The number of nitriles is 1. The van der Waals surface area contributed by atoms with Crippen LogP contribution in [0.5, 0.6) is 0 Å². The number of morpholine rings is 1. The molecule has 1 saturated heterocycles. The Morgan fingerprint density at radius 2 is 1.85 bits per heavy atom. The average Bonchev–Trinajstić information content (AvgIpc) is 3.31. The number of amidine groups is 1. The van der Waals surface area contributed by atoms with Crippen LogP contribution in [0.4, 0.5) is 23.0 Å². The molecule has 9 heteroatoms. The minimum atomic E-state index is 0.472. The molecule has 2 aliphatic rings. The number of nitrogens with zero attached hydrogens (tertiary/aromatic N) is 6. The lowest BCUT2D eigenvalue weighted by Gasteiger charge is -2.29. The zero-order valence-corrected chi connectivity index (χ0v) is 18.3. The second-order valence-corrected chi connectivity index (χ2v) is 7.80. The monoisotopic (exact) mass is 440 g/mol. The molecule has 1 aromatic heterocycles. The van der Waals surface area contributed by atoms with Crippen LogP contribution in [-0.2, 0) is 4.74 Å². The van der Waals surface area contributed by atoms with Crippen LogP contribution in [0, 0.1) is 11.3 Å². The van der Waals surface area contributed by atoms with Crippen molar-refractivity contribution in [2.24, 2.45) is 4.99 Å². The zero-order chi connectivity index (χ0) is 22.6. The van der Waals surface area contributed by atoms with Gasteiger partial charge in [0.05, 0.1) is 36.2 Å². The van der Waals surface area contributed by atoms with E-state index >= 15 is 0 Å². The summed E-state index contributed by atoms with van der Waals surface area (Å²) in [5.41, 5.74) is 8.19. The summed E-state index contributed by atoms with van der Waals surface area (Å²) in [7, 11) is 0. The van der Waals surface area contributed by atoms with E-state index in [1.54, 1.807) is 6.20 Å². The fourth-order valence-corrected chi connectivity index (χ4v) is 3.88. The first-order valence-electron chi connectivity index (χ1n) is 10.8. The van der Waals surface area contributed by atoms with Gasteiger partial charge in [0.25, 0.3) is 0 Å². The number of aromatic nitrogens is 2. The minimum absolute atomic E-state index is 0.472. The van der Waals surface area contributed by atoms with Gasteiger partial charge in [0.2, 0.25) is 5.95 Å². The van der Waals surface area contributed by atoms with E-state index in [4.69, 9.17) is 4.74 Å². The van der Waals surface area contributed by atoms with Crippen LogP contribution in [0.3, 0.4) is 0 Å². The maximum absolute atomic E-state index is 9.77. The van der Waals surface area contributed by atoms with Crippen LogP contribution >= 0.6 is 0 Å². The second kappa shape index (κ2) is 9.14. The molecule has 2 aliphatic heterocycles. The third-order valence-corrected chi connectivity index (χ3v) is 5.61.